The maximum Gasteiger partial charge on any atom is 0.348 e. The van der Waals surface area contributed by atoms with Gasteiger partial charge < -0.3 is 19.5 Å². The first-order chi connectivity index (χ1) is 18.2. The van der Waals surface area contributed by atoms with E-state index >= 15 is 0 Å². The van der Waals surface area contributed by atoms with Gasteiger partial charge in [0.1, 0.15) is 9.88 Å². The maximum atomic E-state index is 13.4. The summed E-state index contributed by atoms with van der Waals surface area (Å²) in [6.45, 7) is 9.23. The molecule has 208 valence electrons. The lowest BCUT2D eigenvalue weighted by Crippen LogP contribution is -2.23. The van der Waals surface area contributed by atoms with Gasteiger partial charge in [0.2, 0.25) is 5.91 Å². The summed E-state index contributed by atoms with van der Waals surface area (Å²) in [4.78, 5) is 52.9. The number of rotatable bonds is 10. The van der Waals surface area contributed by atoms with Gasteiger partial charge in [-0.2, -0.15) is 0 Å². The van der Waals surface area contributed by atoms with Gasteiger partial charge in [0.15, 0.2) is 0 Å². The Morgan fingerprint density at radius 1 is 0.842 bits per heavy atom. The molecular formula is C27H35NO7S3. The Labute approximate surface area is 235 Å². The van der Waals surface area contributed by atoms with Crippen LogP contribution in [0.4, 0.5) is 5.00 Å². The summed E-state index contributed by atoms with van der Waals surface area (Å²) in [6, 6.07) is 0. The van der Waals surface area contributed by atoms with Crippen molar-refractivity contribution in [3.8, 4) is 0 Å². The molecule has 1 aliphatic rings. The Morgan fingerprint density at radius 2 is 1.42 bits per heavy atom. The molecule has 0 saturated heterocycles. The van der Waals surface area contributed by atoms with Crippen molar-refractivity contribution >= 4 is 63.3 Å². The number of nitrogens with one attached hydrogen (secondary N) is 1. The minimum absolute atomic E-state index is 0.183. The molecule has 2 heterocycles. The van der Waals surface area contributed by atoms with Crippen molar-refractivity contribution in [1.82, 2.24) is 0 Å². The second kappa shape index (κ2) is 14.1. The highest BCUT2D eigenvalue weighted by Crippen LogP contribution is 2.41. The van der Waals surface area contributed by atoms with Gasteiger partial charge in [-0.1, -0.05) is 12.8 Å². The molecule has 38 heavy (non-hydrogen) atoms. The second-order valence-electron chi connectivity index (χ2n) is 8.75. The van der Waals surface area contributed by atoms with E-state index in [9.17, 15) is 19.2 Å². The zero-order valence-electron chi connectivity index (χ0n) is 22.5. The van der Waals surface area contributed by atoms with E-state index < -0.39 is 23.2 Å². The number of aryl methyl sites for hydroxylation is 1. The highest BCUT2D eigenvalue weighted by molar-refractivity contribution is 8.02. The Kier molecular flexibility index (Phi) is 11.2. The van der Waals surface area contributed by atoms with Crippen molar-refractivity contribution < 1.29 is 33.4 Å². The smallest absolute Gasteiger partial charge is 0.348 e. The largest absolute Gasteiger partial charge is 0.462 e. The number of thiophene rings is 2. The molecule has 2 aromatic heterocycles. The molecule has 0 fully saturated rings. The average molecular weight is 582 g/mol. The van der Waals surface area contributed by atoms with Crippen molar-refractivity contribution in [1.29, 1.82) is 0 Å². The number of carbonyl (C=O) groups excluding carboxylic acids is 4. The van der Waals surface area contributed by atoms with Gasteiger partial charge >= 0.3 is 17.9 Å². The van der Waals surface area contributed by atoms with Gasteiger partial charge in [0, 0.05) is 4.88 Å². The maximum absolute atomic E-state index is 13.4. The van der Waals surface area contributed by atoms with Gasteiger partial charge in [-0.15, -0.1) is 34.4 Å². The summed E-state index contributed by atoms with van der Waals surface area (Å²) in [7, 11) is 0. The summed E-state index contributed by atoms with van der Waals surface area (Å²) < 4.78 is 16.2. The molecule has 0 radical (unpaired) electrons. The number of hydrogen-bond donors (Lipinski definition) is 1. The third-order valence-electron chi connectivity index (χ3n) is 6.10. The first-order valence-electron chi connectivity index (χ1n) is 13.0. The summed E-state index contributed by atoms with van der Waals surface area (Å²) in [5, 5.41) is 2.84. The normalized spacial score (nSPS) is 14.0. The standard InChI is InChI=1S/C27H35NO7S3/c1-6-33-24(30)19-15(4)21(26(32)35-8-3)38-27(19)36-16(5)22(29)28-23-20(25(31)34-7-2)17-13-11-9-10-12-14-18(17)37-23/h16H,6-14H2,1-5H3,(H,28,29). The van der Waals surface area contributed by atoms with E-state index in [0.29, 0.717) is 25.2 Å². The fourth-order valence-electron chi connectivity index (χ4n) is 4.26. The van der Waals surface area contributed by atoms with Gasteiger partial charge in [-0.3, -0.25) is 4.79 Å². The third kappa shape index (κ3) is 6.98. The molecule has 3 rings (SSSR count). The summed E-state index contributed by atoms with van der Waals surface area (Å²) in [6.07, 6.45) is 5.97. The van der Waals surface area contributed by atoms with Crippen LogP contribution < -0.4 is 5.32 Å². The van der Waals surface area contributed by atoms with E-state index in [-0.39, 0.29) is 31.3 Å². The SMILES string of the molecule is CCOC(=O)c1sc(SC(C)C(=O)Nc2sc3c(c2C(=O)OCC)CCCCCC3)c(C(=O)OCC)c1C. The van der Waals surface area contributed by atoms with Crippen molar-refractivity contribution in [2.45, 2.75) is 82.6 Å². The van der Waals surface area contributed by atoms with Gasteiger partial charge in [0.05, 0.1) is 40.4 Å². The number of carbonyl (C=O) groups is 4. The highest BCUT2D eigenvalue weighted by Gasteiger charge is 2.31. The van der Waals surface area contributed by atoms with E-state index in [1.54, 1.807) is 34.6 Å². The lowest BCUT2D eigenvalue weighted by molar-refractivity contribution is -0.115. The van der Waals surface area contributed by atoms with Crippen molar-refractivity contribution in [3.05, 3.63) is 32.0 Å². The number of esters is 3. The second-order valence-corrected chi connectivity index (χ2v) is 12.5. The van der Waals surface area contributed by atoms with Crippen LogP contribution in [0, 0.1) is 6.92 Å². The lowest BCUT2D eigenvalue weighted by atomic mass is 9.96. The molecule has 0 spiro atoms. The highest BCUT2D eigenvalue weighted by atomic mass is 32.2. The number of fused-ring (bicyclic) bond motifs is 1. The molecule has 11 heteroatoms. The minimum Gasteiger partial charge on any atom is -0.462 e. The van der Waals surface area contributed by atoms with Crippen LogP contribution in [0.2, 0.25) is 0 Å². The van der Waals surface area contributed by atoms with E-state index in [2.05, 4.69) is 5.32 Å². The average Bonchev–Trinajstić information content (AvgIpc) is 3.35. The van der Waals surface area contributed by atoms with Crippen LogP contribution in [0.25, 0.3) is 0 Å². The summed E-state index contributed by atoms with van der Waals surface area (Å²) in [5.41, 5.74) is 2.20. The van der Waals surface area contributed by atoms with Crippen LogP contribution in [0.5, 0.6) is 0 Å². The molecule has 0 aromatic carbocycles. The van der Waals surface area contributed by atoms with Crippen LogP contribution in [0.1, 0.15) is 99.8 Å². The van der Waals surface area contributed by atoms with Crippen LogP contribution in [-0.2, 0) is 31.8 Å². The van der Waals surface area contributed by atoms with Crippen molar-refractivity contribution in [2.24, 2.45) is 0 Å². The third-order valence-corrected chi connectivity index (χ3v) is 9.89. The number of anilines is 1. The lowest BCUT2D eigenvalue weighted by Gasteiger charge is -2.13. The molecule has 1 unspecified atom stereocenters. The molecule has 0 aliphatic heterocycles. The molecule has 1 atom stereocenters. The van der Waals surface area contributed by atoms with E-state index in [1.165, 1.54) is 23.1 Å². The quantitative estimate of drug-likeness (QED) is 0.194. The fraction of sp³-hybridized carbons (Fsp3) is 0.556. The van der Waals surface area contributed by atoms with Crippen LogP contribution in [-0.4, -0.2) is 48.9 Å². The zero-order chi connectivity index (χ0) is 27.8. The van der Waals surface area contributed by atoms with Gasteiger partial charge in [0.25, 0.3) is 0 Å². The summed E-state index contributed by atoms with van der Waals surface area (Å²) in [5.74, 6) is -1.79. The molecule has 0 saturated carbocycles. The molecule has 0 bridgehead atoms. The Balaban J connectivity index is 1.89. The van der Waals surface area contributed by atoms with E-state index in [1.807, 2.05) is 0 Å². The van der Waals surface area contributed by atoms with Crippen molar-refractivity contribution in [2.75, 3.05) is 25.1 Å². The number of thioether (sulfide) groups is 1. The number of hydrogen-bond acceptors (Lipinski definition) is 10. The van der Waals surface area contributed by atoms with Crippen LogP contribution in [0.3, 0.4) is 0 Å². The van der Waals surface area contributed by atoms with Gasteiger partial charge in [-0.25, -0.2) is 14.4 Å². The Bertz CT molecular complexity index is 1180. The molecule has 2 aromatic rings. The fourth-order valence-corrected chi connectivity index (χ4v) is 8.17. The minimum atomic E-state index is -0.629. The molecule has 1 aliphatic carbocycles. The topological polar surface area (TPSA) is 108 Å². The zero-order valence-corrected chi connectivity index (χ0v) is 25.0. The van der Waals surface area contributed by atoms with E-state index in [0.717, 1.165) is 60.3 Å². The molecule has 1 N–H and O–H groups in total. The molecular weight excluding hydrogens is 546 g/mol. The predicted molar refractivity (Wildman–Crippen MR) is 151 cm³/mol. The Hall–Kier alpha value is -2.37. The molecule has 8 nitrogen and oxygen atoms in total. The monoisotopic (exact) mass is 581 g/mol. The summed E-state index contributed by atoms with van der Waals surface area (Å²) >= 11 is 3.74. The predicted octanol–water partition coefficient (Wildman–Crippen LogP) is 6.43. The van der Waals surface area contributed by atoms with Gasteiger partial charge in [-0.05, 0) is 71.4 Å². The first-order valence-corrected chi connectivity index (χ1v) is 15.5. The number of amides is 1. The van der Waals surface area contributed by atoms with E-state index in [4.69, 9.17) is 14.2 Å². The first kappa shape index (κ1) is 30.2. The molecule has 1 amide bonds. The van der Waals surface area contributed by atoms with Crippen molar-refractivity contribution in [3.63, 3.8) is 0 Å². The van der Waals surface area contributed by atoms with Crippen LogP contribution in [0.15, 0.2) is 4.21 Å². The Morgan fingerprint density at radius 3 is 2.05 bits per heavy atom. The number of ether oxygens (including phenoxy) is 3. The van der Waals surface area contributed by atoms with Crippen LogP contribution >= 0.6 is 34.4 Å².